The molecular weight excluding hydrogens is 359 g/mol. The number of carbonyl (C=O) groups excluding carboxylic acids is 2. The van der Waals surface area contributed by atoms with Crippen molar-refractivity contribution in [2.24, 2.45) is 4.99 Å². The average Bonchev–Trinajstić information content (AvgIpc) is 2.87. The molecule has 1 aliphatic rings. The van der Waals surface area contributed by atoms with E-state index in [1.165, 1.54) is 19.2 Å². The zero-order chi connectivity index (χ0) is 18.4. The van der Waals surface area contributed by atoms with Crippen LogP contribution >= 0.6 is 11.8 Å². The van der Waals surface area contributed by atoms with E-state index < -0.39 is 22.9 Å². The van der Waals surface area contributed by atoms with Gasteiger partial charge in [0.05, 0.1) is 18.7 Å². The molecule has 25 heavy (non-hydrogen) atoms. The number of thioether (sulfide) groups is 1. The highest BCUT2D eigenvalue weighted by Gasteiger charge is 2.33. The number of anilines is 1. The molecule has 2 N–H and O–H groups in total. The van der Waals surface area contributed by atoms with Gasteiger partial charge in [0.15, 0.2) is 5.17 Å². The van der Waals surface area contributed by atoms with Crippen molar-refractivity contribution in [1.29, 1.82) is 0 Å². The number of halogens is 3. The van der Waals surface area contributed by atoms with Crippen molar-refractivity contribution in [3.05, 3.63) is 29.8 Å². The molecule has 2 rings (SSSR count). The minimum atomic E-state index is -4.49. The van der Waals surface area contributed by atoms with Crippen LogP contribution in [0.5, 0.6) is 0 Å². The predicted molar refractivity (Wildman–Crippen MR) is 88.4 cm³/mol. The maximum Gasteiger partial charge on any atom is 0.416 e. The van der Waals surface area contributed by atoms with Gasteiger partial charge in [-0.2, -0.15) is 13.2 Å². The van der Waals surface area contributed by atoms with Gasteiger partial charge < -0.3 is 15.4 Å². The summed E-state index contributed by atoms with van der Waals surface area (Å²) in [6.07, 6.45) is -4.66. The Morgan fingerprint density at radius 2 is 2.20 bits per heavy atom. The molecule has 1 aromatic carbocycles. The zero-order valence-electron chi connectivity index (χ0n) is 13.2. The molecule has 0 aromatic heterocycles. The number of benzene rings is 1. The van der Waals surface area contributed by atoms with E-state index >= 15 is 0 Å². The topological polar surface area (TPSA) is 79.8 Å². The Balaban J connectivity index is 1.92. The molecule has 0 aliphatic carbocycles. The number of hydrogen-bond acceptors (Lipinski definition) is 5. The summed E-state index contributed by atoms with van der Waals surface area (Å²) in [6.45, 7) is 0.781. The molecule has 136 valence electrons. The summed E-state index contributed by atoms with van der Waals surface area (Å²) in [6, 6.07) is 4.32. The van der Waals surface area contributed by atoms with Gasteiger partial charge in [0, 0.05) is 19.2 Å². The van der Waals surface area contributed by atoms with Crippen molar-refractivity contribution in [3.63, 3.8) is 0 Å². The fourth-order valence-electron chi connectivity index (χ4n) is 2.01. The molecule has 1 saturated heterocycles. The molecule has 0 saturated carbocycles. The van der Waals surface area contributed by atoms with Crippen LogP contribution in [0.15, 0.2) is 29.3 Å². The number of amides is 2. The van der Waals surface area contributed by atoms with Crippen molar-refractivity contribution in [1.82, 2.24) is 5.32 Å². The lowest BCUT2D eigenvalue weighted by Crippen LogP contribution is -2.28. The van der Waals surface area contributed by atoms with E-state index in [1.54, 1.807) is 0 Å². The minimum Gasteiger partial charge on any atom is -0.383 e. The second-order valence-electron chi connectivity index (χ2n) is 5.11. The highest BCUT2D eigenvalue weighted by molar-refractivity contribution is 8.15. The Morgan fingerprint density at radius 1 is 1.44 bits per heavy atom. The summed E-state index contributed by atoms with van der Waals surface area (Å²) in [5.41, 5.74) is -0.830. The molecule has 0 radical (unpaired) electrons. The number of alkyl halides is 3. The molecule has 0 spiro atoms. The summed E-state index contributed by atoms with van der Waals surface area (Å²) >= 11 is 1.11. The third kappa shape index (κ3) is 5.75. The highest BCUT2D eigenvalue weighted by atomic mass is 32.2. The molecule has 6 nitrogen and oxygen atoms in total. The van der Waals surface area contributed by atoms with Crippen LogP contribution in [0.25, 0.3) is 0 Å². The standard InChI is InChI=1S/C15H16F3N3O3S/c1-24-6-5-19-14-21-13(23)11(25-14)8-12(22)20-10-4-2-3-9(7-10)15(16,17)18/h2-4,7,11H,5-6,8H2,1H3,(H,20,22)(H,19,21,23). The SMILES string of the molecule is COCCN=C1NC(=O)C(CC(=O)Nc2cccc(C(F)(F)F)c2)S1. The molecular formula is C15H16F3N3O3S. The largest absolute Gasteiger partial charge is 0.416 e. The first-order chi connectivity index (χ1) is 11.8. The Labute approximate surface area is 146 Å². The minimum absolute atomic E-state index is 0.0252. The maximum absolute atomic E-state index is 12.7. The molecule has 1 heterocycles. The number of amidine groups is 1. The maximum atomic E-state index is 12.7. The van der Waals surface area contributed by atoms with Crippen LogP contribution < -0.4 is 10.6 Å². The van der Waals surface area contributed by atoms with Gasteiger partial charge in [0.1, 0.15) is 5.25 Å². The van der Waals surface area contributed by atoms with Crippen LogP contribution in [-0.2, 0) is 20.5 Å². The number of hydrogen-bond donors (Lipinski definition) is 2. The fourth-order valence-corrected chi connectivity index (χ4v) is 3.00. The lowest BCUT2D eigenvalue weighted by molar-refractivity contribution is -0.137. The molecule has 10 heteroatoms. The number of rotatable bonds is 6. The highest BCUT2D eigenvalue weighted by Crippen LogP contribution is 2.31. The zero-order valence-corrected chi connectivity index (χ0v) is 14.0. The van der Waals surface area contributed by atoms with Gasteiger partial charge in [-0.25, -0.2) is 0 Å². The van der Waals surface area contributed by atoms with Crippen molar-refractivity contribution in [3.8, 4) is 0 Å². The Bertz CT molecular complexity index is 679. The lowest BCUT2D eigenvalue weighted by Gasteiger charge is -2.10. The first kappa shape index (κ1) is 19.3. The van der Waals surface area contributed by atoms with Crippen LogP contribution in [0.2, 0.25) is 0 Å². The van der Waals surface area contributed by atoms with Crippen LogP contribution in [0.1, 0.15) is 12.0 Å². The molecule has 1 atom stereocenters. The Morgan fingerprint density at radius 3 is 2.88 bits per heavy atom. The van der Waals surface area contributed by atoms with Gasteiger partial charge >= 0.3 is 6.18 Å². The number of aliphatic imine (C=N–C) groups is 1. The summed E-state index contributed by atoms with van der Waals surface area (Å²) < 4.78 is 42.8. The van der Waals surface area contributed by atoms with E-state index in [2.05, 4.69) is 15.6 Å². The molecule has 1 fully saturated rings. The quantitative estimate of drug-likeness (QED) is 0.748. The van der Waals surface area contributed by atoms with Crippen LogP contribution in [0.4, 0.5) is 18.9 Å². The number of methoxy groups -OCH3 is 1. The summed E-state index contributed by atoms with van der Waals surface area (Å²) in [4.78, 5) is 27.9. The van der Waals surface area contributed by atoms with E-state index in [4.69, 9.17) is 4.74 Å². The van der Waals surface area contributed by atoms with Gasteiger partial charge in [-0.1, -0.05) is 17.8 Å². The van der Waals surface area contributed by atoms with Crippen LogP contribution in [0, 0.1) is 0 Å². The summed E-state index contributed by atoms with van der Waals surface area (Å²) in [5.74, 6) is -0.912. The number of nitrogens with zero attached hydrogens (tertiary/aromatic N) is 1. The molecule has 2 amide bonds. The van der Waals surface area contributed by atoms with Crippen molar-refractivity contribution in [2.45, 2.75) is 17.8 Å². The van der Waals surface area contributed by atoms with E-state index in [0.717, 1.165) is 23.9 Å². The predicted octanol–water partition coefficient (Wildman–Crippen LogP) is 2.27. The van der Waals surface area contributed by atoms with E-state index in [-0.39, 0.29) is 18.0 Å². The van der Waals surface area contributed by atoms with E-state index in [1.807, 2.05) is 0 Å². The smallest absolute Gasteiger partial charge is 0.383 e. The Kier molecular flexibility index (Phi) is 6.43. The average molecular weight is 375 g/mol. The fraction of sp³-hybridized carbons (Fsp3) is 0.400. The molecule has 0 bridgehead atoms. The van der Waals surface area contributed by atoms with Gasteiger partial charge in [0.25, 0.3) is 0 Å². The van der Waals surface area contributed by atoms with Gasteiger partial charge in [-0.05, 0) is 18.2 Å². The molecule has 1 unspecified atom stereocenters. The first-order valence-electron chi connectivity index (χ1n) is 7.27. The number of carbonyl (C=O) groups is 2. The normalized spacial score (nSPS) is 19.1. The summed E-state index contributed by atoms with van der Waals surface area (Å²) in [7, 11) is 1.53. The number of nitrogens with one attached hydrogen (secondary N) is 2. The van der Waals surface area contributed by atoms with Gasteiger partial charge in [0.2, 0.25) is 11.8 Å². The second kappa shape index (κ2) is 8.34. The van der Waals surface area contributed by atoms with Crippen LogP contribution in [-0.4, -0.2) is 42.5 Å². The van der Waals surface area contributed by atoms with E-state index in [9.17, 15) is 22.8 Å². The number of ether oxygens (including phenoxy) is 1. The van der Waals surface area contributed by atoms with Crippen LogP contribution in [0.3, 0.4) is 0 Å². The van der Waals surface area contributed by atoms with Crippen molar-refractivity contribution >= 4 is 34.4 Å². The Hall–Kier alpha value is -2.07. The lowest BCUT2D eigenvalue weighted by atomic mass is 10.2. The second-order valence-corrected chi connectivity index (χ2v) is 6.30. The third-order valence-corrected chi connectivity index (χ3v) is 4.29. The van der Waals surface area contributed by atoms with E-state index in [0.29, 0.717) is 18.3 Å². The monoisotopic (exact) mass is 375 g/mol. The van der Waals surface area contributed by atoms with Crippen molar-refractivity contribution < 1.29 is 27.5 Å². The van der Waals surface area contributed by atoms with Gasteiger partial charge in [-0.15, -0.1) is 0 Å². The van der Waals surface area contributed by atoms with Crippen molar-refractivity contribution in [2.75, 3.05) is 25.6 Å². The summed E-state index contributed by atoms with van der Waals surface area (Å²) in [5, 5.41) is 4.66. The van der Waals surface area contributed by atoms with Gasteiger partial charge in [-0.3, -0.25) is 14.6 Å². The third-order valence-electron chi connectivity index (χ3n) is 3.17. The first-order valence-corrected chi connectivity index (χ1v) is 8.15. The molecule has 1 aromatic rings. The molecule has 1 aliphatic heterocycles.